The molecule has 128 valence electrons. The SMILES string of the molecule is Cc1cc(C)n(C[C@H]2CCCN2C(=O)COc2cccc(F)c2)n1. The van der Waals surface area contributed by atoms with Crippen molar-refractivity contribution in [1.29, 1.82) is 0 Å². The van der Waals surface area contributed by atoms with Crippen LogP contribution in [0, 0.1) is 19.7 Å². The summed E-state index contributed by atoms with van der Waals surface area (Å²) in [7, 11) is 0. The van der Waals surface area contributed by atoms with Crippen LogP contribution >= 0.6 is 0 Å². The molecule has 6 heteroatoms. The van der Waals surface area contributed by atoms with Crippen molar-refractivity contribution >= 4 is 5.91 Å². The van der Waals surface area contributed by atoms with Crippen LogP contribution in [-0.4, -0.2) is 39.8 Å². The second-order valence-electron chi connectivity index (χ2n) is 6.24. The Balaban J connectivity index is 1.60. The molecule has 0 unspecified atom stereocenters. The smallest absolute Gasteiger partial charge is 0.260 e. The van der Waals surface area contributed by atoms with Crippen LogP contribution < -0.4 is 4.74 Å². The van der Waals surface area contributed by atoms with Crippen LogP contribution in [0.1, 0.15) is 24.2 Å². The van der Waals surface area contributed by atoms with Crippen molar-refractivity contribution in [2.75, 3.05) is 13.2 Å². The number of likely N-dealkylation sites (tertiary alicyclic amines) is 1. The number of benzene rings is 1. The first-order chi connectivity index (χ1) is 11.5. The predicted octanol–water partition coefficient (Wildman–Crippen LogP) is 2.71. The van der Waals surface area contributed by atoms with Crippen LogP contribution in [0.3, 0.4) is 0 Å². The molecule has 1 fully saturated rings. The maximum atomic E-state index is 13.2. The van der Waals surface area contributed by atoms with Gasteiger partial charge in [0.15, 0.2) is 6.61 Å². The molecule has 0 saturated carbocycles. The van der Waals surface area contributed by atoms with Crippen LogP contribution in [-0.2, 0) is 11.3 Å². The van der Waals surface area contributed by atoms with Crippen molar-refractivity contribution in [2.45, 2.75) is 39.3 Å². The number of aromatic nitrogens is 2. The summed E-state index contributed by atoms with van der Waals surface area (Å²) in [6.07, 6.45) is 1.94. The number of amides is 1. The molecule has 3 rings (SSSR count). The lowest BCUT2D eigenvalue weighted by Gasteiger charge is -2.25. The lowest BCUT2D eigenvalue weighted by atomic mass is 10.2. The summed E-state index contributed by atoms with van der Waals surface area (Å²) in [4.78, 5) is 14.3. The van der Waals surface area contributed by atoms with E-state index in [1.54, 1.807) is 12.1 Å². The molecule has 1 atom stereocenters. The molecule has 0 aliphatic carbocycles. The highest BCUT2D eigenvalue weighted by atomic mass is 19.1. The lowest BCUT2D eigenvalue weighted by Crippen LogP contribution is -2.41. The predicted molar refractivity (Wildman–Crippen MR) is 88.3 cm³/mol. The first-order valence-corrected chi connectivity index (χ1v) is 8.22. The maximum absolute atomic E-state index is 13.2. The minimum Gasteiger partial charge on any atom is -0.484 e. The number of nitrogens with zero attached hydrogens (tertiary/aromatic N) is 3. The number of carbonyl (C=O) groups excluding carboxylic acids is 1. The molecule has 5 nitrogen and oxygen atoms in total. The van der Waals surface area contributed by atoms with Crippen molar-refractivity contribution in [2.24, 2.45) is 0 Å². The van der Waals surface area contributed by atoms with E-state index in [1.165, 1.54) is 12.1 Å². The molecule has 1 amide bonds. The fourth-order valence-corrected chi connectivity index (χ4v) is 3.20. The topological polar surface area (TPSA) is 47.4 Å². The van der Waals surface area contributed by atoms with Crippen LogP contribution in [0.4, 0.5) is 4.39 Å². The average molecular weight is 331 g/mol. The van der Waals surface area contributed by atoms with E-state index in [1.807, 2.05) is 29.5 Å². The van der Waals surface area contributed by atoms with Gasteiger partial charge < -0.3 is 9.64 Å². The fourth-order valence-electron chi connectivity index (χ4n) is 3.20. The van der Waals surface area contributed by atoms with Crippen molar-refractivity contribution in [3.63, 3.8) is 0 Å². The standard InChI is InChI=1S/C18H22FN3O2/c1-13-9-14(2)22(20-13)11-16-6-4-8-21(16)18(23)12-24-17-7-3-5-15(19)10-17/h3,5,7,9-10,16H,4,6,8,11-12H2,1-2H3/t16-/m1/s1. The maximum Gasteiger partial charge on any atom is 0.260 e. The Kier molecular flexibility index (Phi) is 4.83. The van der Waals surface area contributed by atoms with Crippen molar-refractivity contribution < 1.29 is 13.9 Å². The minimum absolute atomic E-state index is 0.0664. The number of aryl methyl sites for hydroxylation is 2. The van der Waals surface area contributed by atoms with E-state index in [0.717, 1.165) is 30.8 Å². The summed E-state index contributed by atoms with van der Waals surface area (Å²) < 4.78 is 20.5. The van der Waals surface area contributed by atoms with Crippen molar-refractivity contribution in [3.8, 4) is 5.75 Å². The van der Waals surface area contributed by atoms with Crippen LogP contribution in [0.25, 0.3) is 0 Å². The van der Waals surface area contributed by atoms with E-state index in [0.29, 0.717) is 12.3 Å². The van der Waals surface area contributed by atoms with Gasteiger partial charge in [0.05, 0.1) is 18.3 Å². The molecule has 0 N–H and O–H groups in total. The molecule has 1 aliphatic rings. The Bertz CT molecular complexity index is 729. The molecule has 1 aliphatic heterocycles. The summed E-state index contributed by atoms with van der Waals surface area (Å²) >= 11 is 0. The van der Waals surface area contributed by atoms with Gasteiger partial charge in [-0.3, -0.25) is 9.48 Å². The normalized spacial score (nSPS) is 17.3. The van der Waals surface area contributed by atoms with E-state index >= 15 is 0 Å². The number of ether oxygens (including phenoxy) is 1. The molecular formula is C18H22FN3O2. The lowest BCUT2D eigenvalue weighted by molar-refractivity contribution is -0.134. The molecule has 1 aromatic carbocycles. The van der Waals surface area contributed by atoms with Gasteiger partial charge in [0.25, 0.3) is 5.91 Å². The third kappa shape index (κ3) is 3.75. The molecule has 2 heterocycles. The molecule has 0 bridgehead atoms. The van der Waals surface area contributed by atoms with Gasteiger partial charge in [0.1, 0.15) is 11.6 Å². The zero-order valence-corrected chi connectivity index (χ0v) is 14.0. The van der Waals surface area contributed by atoms with Gasteiger partial charge in [-0.2, -0.15) is 5.10 Å². The summed E-state index contributed by atoms with van der Waals surface area (Å²) in [5, 5.41) is 4.48. The molecular weight excluding hydrogens is 309 g/mol. The van der Waals surface area contributed by atoms with Gasteiger partial charge in [0, 0.05) is 18.3 Å². The highest BCUT2D eigenvalue weighted by molar-refractivity contribution is 5.78. The minimum atomic E-state index is -0.372. The Labute approximate surface area is 141 Å². The highest BCUT2D eigenvalue weighted by Gasteiger charge is 2.29. The van der Waals surface area contributed by atoms with Crippen LogP contribution in [0.5, 0.6) is 5.75 Å². The Hall–Kier alpha value is -2.37. The summed E-state index contributed by atoms with van der Waals surface area (Å²) in [5.74, 6) is -0.0653. The molecule has 1 aromatic heterocycles. The third-order valence-corrected chi connectivity index (χ3v) is 4.34. The number of hydrogen-bond acceptors (Lipinski definition) is 3. The number of hydrogen-bond donors (Lipinski definition) is 0. The summed E-state index contributed by atoms with van der Waals surface area (Å²) in [6, 6.07) is 8.01. The molecule has 2 aromatic rings. The highest BCUT2D eigenvalue weighted by Crippen LogP contribution is 2.20. The second-order valence-corrected chi connectivity index (χ2v) is 6.24. The molecule has 24 heavy (non-hydrogen) atoms. The van der Waals surface area contributed by atoms with E-state index in [4.69, 9.17) is 4.74 Å². The zero-order chi connectivity index (χ0) is 17.1. The first kappa shape index (κ1) is 16.5. The molecule has 0 spiro atoms. The van der Waals surface area contributed by atoms with Gasteiger partial charge in [-0.25, -0.2) is 4.39 Å². The monoisotopic (exact) mass is 331 g/mol. The fraction of sp³-hybridized carbons (Fsp3) is 0.444. The van der Waals surface area contributed by atoms with Crippen LogP contribution in [0.15, 0.2) is 30.3 Å². The number of halogens is 1. The van der Waals surface area contributed by atoms with E-state index in [-0.39, 0.29) is 24.4 Å². The first-order valence-electron chi connectivity index (χ1n) is 8.22. The van der Waals surface area contributed by atoms with Gasteiger partial charge >= 0.3 is 0 Å². The summed E-state index contributed by atoms with van der Waals surface area (Å²) in [5.41, 5.74) is 2.08. The molecule has 0 radical (unpaired) electrons. The average Bonchev–Trinajstić information content (AvgIpc) is 3.12. The Morgan fingerprint density at radius 3 is 2.92 bits per heavy atom. The van der Waals surface area contributed by atoms with Gasteiger partial charge in [-0.05, 0) is 44.9 Å². The summed E-state index contributed by atoms with van der Waals surface area (Å²) in [6.45, 7) is 5.35. The van der Waals surface area contributed by atoms with E-state index in [9.17, 15) is 9.18 Å². The van der Waals surface area contributed by atoms with Gasteiger partial charge in [0.2, 0.25) is 0 Å². The van der Waals surface area contributed by atoms with Crippen molar-refractivity contribution in [1.82, 2.24) is 14.7 Å². The second kappa shape index (κ2) is 7.03. The van der Waals surface area contributed by atoms with E-state index < -0.39 is 0 Å². The Morgan fingerprint density at radius 2 is 2.21 bits per heavy atom. The molecule has 1 saturated heterocycles. The number of carbonyl (C=O) groups is 1. The number of rotatable bonds is 5. The Morgan fingerprint density at radius 1 is 1.38 bits per heavy atom. The zero-order valence-electron chi connectivity index (χ0n) is 14.0. The quantitative estimate of drug-likeness (QED) is 0.846. The third-order valence-electron chi connectivity index (χ3n) is 4.34. The van der Waals surface area contributed by atoms with Gasteiger partial charge in [-0.15, -0.1) is 0 Å². The van der Waals surface area contributed by atoms with Crippen LogP contribution in [0.2, 0.25) is 0 Å². The van der Waals surface area contributed by atoms with Gasteiger partial charge in [-0.1, -0.05) is 6.07 Å². The van der Waals surface area contributed by atoms with Crippen molar-refractivity contribution in [3.05, 3.63) is 47.5 Å². The largest absolute Gasteiger partial charge is 0.484 e. The van der Waals surface area contributed by atoms with E-state index in [2.05, 4.69) is 5.10 Å².